The average Bonchev–Trinajstić information content (AvgIpc) is 2.71. The van der Waals surface area contributed by atoms with Crippen LogP contribution in [0.1, 0.15) is 53.5 Å². The number of amides is 1. The van der Waals surface area contributed by atoms with Crippen LogP contribution < -0.4 is 5.32 Å². The third-order valence-corrected chi connectivity index (χ3v) is 3.90. The van der Waals surface area contributed by atoms with Crippen LogP contribution in [0.5, 0.6) is 0 Å². The summed E-state index contributed by atoms with van der Waals surface area (Å²) < 4.78 is 2.17. The van der Waals surface area contributed by atoms with Gasteiger partial charge in [-0.05, 0) is 50.2 Å². The SMILES string of the molecule is C=CCn1c2c(c(C)c1C(=O)NCCC)CCCC2. The molecule has 0 saturated carbocycles. The molecule has 0 bridgehead atoms. The molecule has 1 heterocycles. The zero-order valence-electron chi connectivity index (χ0n) is 12.1. The Labute approximate surface area is 115 Å². The van der Waals surface area contributed by atoms with Crippen molar-refractivity contribution < 1.29 is 4.79 Å². The highest BCUT2D eigenvalue weighted by Crippen LogP contribution is 2.29. The van der Waals surface area contributed by atoms with Gasteiger partial charge in [0, 0.05) is 18.8 Å². The molecule has 1 aromatic heterocycles. The molecule has 1 aromatic rings. The van der Waals surface area contributed by atoms with Crippen LogP contribution in [-0.4, -0.2) is 17.0 Å². The standard InChI is InChI=1S/C16H24N2O/c1-4-10-17-16(19)15-12(3)13-8-6-7-9-14(13)18(15)11-5-2/h5H,2,4,6-11H2,1,3H3,(H,17,19). The van der Waals surface area contributed by atoms with E-state index in [9.17, 15) is 4.79 Å². The minimum absolute atomic E-state index is 0.0654. The third-order valence-electron chi connectivity index (χ3n) is 3.90. The Morgan fingerprint density at radius 3 is 2.84 bits per heavy atom. The van der Waals surface area contributed by atoms with Crippen molar-refractivity contribution in [3.05, 3.63) is 35.2 Å². The molecule has 0 atom stereocenters. The van der Waals surface area contributed by atoms with E-state index in [1.807, 2.05) is 6.08 Å². The predicted octanol–water partition coefficient (Wildman–Crippen LogP) is 3.00. The van der Waals surface area contributed by atoms with Gasteiger partial charge in [0.25, 0.3) is 5.91 Å². The van der Waals surface area contributed by atoms with E-state index >= 15 is 0 Å². The van der Waals surface area contributed by atoms with Crippen molar-refractivity contribution in [1.29, 1.82) is 0 Å². The van der Waals surface area contributed by atoms with Gasteiger partial charge in [-0.15, -0.1) is 6.58 Å². The number of aromatic nitrogens is 1. The molecule has 3 nitrogen and oxygen atoms in total. The van der Waals surface area contributed by atoms with Crippen LogP contribution in [0, 0.1) is 6.92 Å². The normalized spacial score (nSPS) is 14.0. The van der Waals surface area contributed by atoms with Gasteiger partial charge in [-0.25, -0.2) is 0 Å². The van der Waals surface area contributed by atoms with Gasteiger partial charge >= 0.3 is 0 Å². The second kappa shape index (κ2) is 6.09. The van der Waals surface area contributed by atoms with E-state index in [1.54, 1.807) is 0 Å². The van der Waals surface area contributed by atoms with E-state index < -0.39 is 0 Å². The van der Waals surface area contributed by atoms with Crippen molar-refractivity contribution in [1.82, 2.24) is 9.88 Å². The molecule has 0 aromatic carbocycles. The minimum atomic E-state index is 0.0654. The lowest BCUT2D eigenvalue weighted by Gasteiger charge is -2.15. The van der Waals surface area contributed by atoms with E-state index in [2.05, 4.69) is 30.3 Å². The minimum Gasteiger partial charge on any atom is -0.351 e. The molecule has 104 valence electrons. The maximum absolute atomic E-state index is 12.4. The van der Waals surface area contributed by atoms with Crippen LogP contribution in [0.25, 0.3) is 0 Å². The molecule has 0 saturated heterocycles. The molecule has 19 heavy (non-hydrogen) atoms. The molecule has 0 aliphatic heterocycles. The van der Waals surface area contributed by atoms with Gasteiger partial charge in [0.05, 0.1) is 0 Å². The van der Waals surface area contributed by atoms with Gasteiger partial charge < -0.3 is 9.88 Å². The monoisotopic (exact) mass is 260 g/mol. The number of nitrogens with one attached hydrogen (secondary N) is 1. The number of fused-ring (bicyclic) bond motifs is 1. The van der Waals surface area contributed by atoms with Crippen LogP contribution in [-0.2, 0) is 19.4 Å². The zero-order chi connectivity index (χ0) is 13.8. The van der Waals surface area contributed by atoms with Crippen molar-refractivity contribution in [2.45, 2.75) is 52.5 Å². The first-order valence-electron chi connectivity index (χ1n) is 7.30. The molecular formula is C16H24N2O. The summed E-state index contributed by atoms with van der Waals surface area (Å²) in [4.78, 5) is 12.4. The summed E-state index contributed by atoms with van der Waals surface area (Å²) in [5.41, 5.74) is 4.77. The summed E-state index contributed by atoms with van der Waals surface area (Å²) in [6.45, 7) is 9.45. The summed E-state index contributed by atoms with van der Waals surface area (Å²) >= 11 is 0. The van der Waals surface area contributed by atoms with Gasteiger partial charge in [-0.1, -0.05) is 13.0 Å². The Hall–Kier alpha value is -1.51. The number of hydrogen-bond donors (Lipinski definition) is 1. The maximum atomic E-state index is 12.4. The molecule has 0 spiro atoms. The first-order valence-corrected chi connectivity index (χ1v) is 7.30. The van der Waals surface area contributed by atoms with Crippen molar-refractivity contribution >= 4 is 5.91 Å². The molecule has 2 rings (SSSR count). The molecule has 1 amide bonds. The Morgan fingerprint density at radius 1 is 1.42 bits per heavy atom. The molecule has 1 aliphatic carbocycles. The lowest BCUT2D eigenvalue weighted by atomic mass is 9.95. The number of nitrogens with zero attached hydrogens (tertiary/aromatic N) is 1. The molecule has 1 aliphatic rings. The molecular weight excluding hydrogens is 236 g/mol. The summed E-state index contributed by atoms with van der Waals surface area (Å²) in [5, 5.41) is 3.00. The van der Waals surface area contributed by atoms with E-state index in [4.69, 9.17) is 0 Å². The van der Waals surface area contributed by atoms with Crippen LogP contribution >= 0.6 is 0 Å². The predicted molar refractivity (Wildman–Crippen MR) is 78.6 cm³/mol. The van der Waals surface area contributed by atoms with Crippen molar-refractivity contribution in [3.8, 4) is 0 Å². The quantitative estimate of drug-likeness (QED) is 0.811. The number of carbonyl (C=O) groups excluding carboxylic acids is 1. The number of rotatable bonds is 5. The fourth-order valence-electron chi connectivity index (χ4n) is 3.02. The first kappa shape index (κ1) is 13.9. The first-order chi connectivity index (χ1) is 9.20. The second-order valence-corrected chi connectivity index (χ2v) is 5.26. The molecule has 1 N–H and O–H groups in total. The number of carbonyl (C=O) groups is 1. The number of allylic oxidation sites excluding steroid dienone is 1. The fourth-order valence-corrected chi connectivity index (χ4v) is 3.02. The van der Waals surface area contributed by atoms with E-state index in [-0.39, 0.29) is 5.91 Å². The fraction of sp³-hybridized carbons (Fsp3) is 0.562. The van der Waals surface area contributed by atoms with Crippen LogP contribution in [0.15, 0.2) is 12.7 Å². The topological polar surface area (TPSA) is 34.0 Å². The van der Waals surface area contributed by atoms with Gasteiger partial charge in [0.2, 0.25) is 0 Å². The van der Waals surface area contributed by atoms with Gasteiger partial charge in [0.1, 0.15) is 5.69 Å². The Bertz CT molecular complexity index is 485. The second-order valence-electron chi connectivity index (χ2n) is 5.26. The lowest BCUT2D eigenvalue weighted by Crippen LogP contribution is -2.27. The Morgan fingerprint density at radius 2 is 2.16 bits per heavy atom. The lowest BCUT2D eigenvalue weighted by molar-refractivity contribution is 0.0944. The van der Waals surface area contributed by atoms with Gasteiger partial charge in [-0.3, -0.25) is 4.79 Å². The average molecular weight is 260 g/mol. The highest BCUT2D eigenvalue weighted by molar-refractivity contribution is 5.95. The van der Waals surface area contributed by atoms with Crippen LogP contribution in [0.4, 0.5) is 0 Å². The Kier molecular flexibility index (Phi) is 4.46. The van der Waals surface area contributed by atoms with Gasteiger partial charge in [0.15, 0.2) is 0 Å². The molecule has 0 fully saturated rings. The summed E-state index contributed by atoms with van der Waals surface area (Å²) in [7, 11) is 0. The highest BCUT2D eigenvalue weighted by atomic mass is 16.1. The summed E-state index contributed by atoms with van der Waals surface area (Å²) in [5.74, 6) is 0.0654. The highest BCUT2D eigenvalue weighted by Gasteiger charge is 2.25. The maximum Gasteiger partial charge on any atom is 0.268 e. The largest absolute Gasteiger partial charge is 0.351 e. The van der Waals surface area contributed by atoms with Crippen LogP contribution in [0.2, 0.25) is 0 Å². The van der Waals surface area contributed by atoms with E-state index in [0.29, 0.717) is 0 Å². The van der Waals surface area contributed by atoms with Crippen LogP contribution in [0.3, 0.4) is 0 Å². The summed E-state index contributed by atoms with van der Waals surface area (Å²) in [6.07, 6.45) is 7.51. The third kappa shape index (κ3) is 2.60. The Balaban J connectivity index is 2.42. The number of hydrogen-bond acceptors (Lipinski definition) is 1. The van der Waals surface area contributed by atoms with E-state index in [1.165, 1.54) is 29.7 Å². The smallest absolute Gasteiger partial charge is 0.268 e. The molecule has 0 unspecified atom stereocenters. The molecule has 3 heteroatoms. The van der Waals surface area contributed by atoms with Gasteiger partial charge in [-0.2, -0.15) is 0 Å². The van der Waals surface area contributed by atoms with Crippen molar-refractivity contribution in [2.75, 3.05) is 6.54 Å². The van der Waals surface area contributed by atoms with Crippen molar-refractivity contribution in [3.63, 3.8) is 0 Å². The summed E-state index contributed by atoms with van der Waals surface area (Å²) in [6, 6.07) is 0. The zero-order valence-corrected chi connectivity index (χ0v) is 12.1. The van der Waals surface area contributed by atoms with Crippen molar-refractivity contribution in [2.24, 2.45) is 0 Å². The van der Waals surface area contributed by atoms with E-state index in [0.717, 1.165) is 38.0 Å². The molecule has 0 radical (unpaired) electrons.